The molecule has 1 saturated carbocycles. The van der Waals surface area contributed by atoms with E-state index in [0.717, 1.165) is 25.7 Å². The Morgan fingerprint density at radius 3 is 2.70 bits per heavy atom. The Morgan fingerprint density at radius 2 is 2.00 bits per heavy atom. The van der Waals surface area contributed by atoms with Crippen LogP contribution in [0, 0.1) is 5.82 Å². The van der Waals surface area contributed by atoms with Gasteiger partial charge in [-0.2, -0.15) is 5.10 Å². The predicted octanol–water partition coefficient (Wildman–Crippen LogP) is 2.99. The molecule has 0 bridgehead atoms. The Balaban J connectivity index is 1.85. The summed E-state index contributed by atoms with van der Waals surface area (Å²) < 4.78 is 17.7. The molecule has 6 nitrogen and oxygen atoms in total. The predicted molar refractivity (Wildman–Crippen MR) is 82.9 cm³/mol. The van der Waals surface area contributed by atoms with E-state index < -0.39 is 0 Å². The third-order valence-electron chi connectivity index (χ3n) is 4.21. The Hall–Kier alpha value is -2.57. The second-order valence-corrected chi connectivity index (χ2v) is 5.85. The second-order valence-electron chi connectivity index (χ2n) is 5.85. The Bertz CT molecular complexity index is 831. The number of aromatic nitrogens is 6. The molecule has 3 aromatic heterocycles. The lowest BCUT2D eigenvalue weighted by Crippen LogP contribution is -2.10. The van der Waals surface area contributed by atoms with Crippen molar-refractivity contribution in [2.45, 2.75) is 31.7 Å². The van der Waals surface area contributed by atoms with Crippen LogP contribution in [0.15, 0.2) is 30.6 Å². The van der Waals surface area contributed by atoms with E-state index in [9.17, 15) is 4.39 Å². The van der Waals surface area contributed by atoms with Crippen molar-refractivity contribution in [1.82, 2.24) is 29.5 Å². The summed E-state index contributed by atoms with van der Waals surface area (Å²) in [7, 11) is 1.84. The average molecular weight is 312 g/mol. The lowest BCUT2D eigenvalue weighted by atomic mass is 10.2. The molecule has 1 fully saturated rings. The number of nitrogens with zero attached hydrogens (tertiary/aromatic N) is 6. The number of hydrogen-bond acceptors (Lipinski definition) is 4. The van der Waals surface area contributed by atoms with Crippen molar-refractivity contribution in [2.24, 2.45) is 7.05 Å². The summed E-state index contributed by atoms with van der Waals surface area (Å²) in [4.78, 5) is 8.71. The fraction of sp³-hybridized carbons (Fsp3) is 0.375. The number of pyridine rings is 1. The molecule has 0 saturated heterocycles. The third-order valence-corrected chi connectivity index (χ3v) is 4.21. The largest absolute Gasteiger partial charge is 0.275 e. The highest BCUT2D eigenvalue weighted by molar-refractivity contribution is 5.56. The topological polar surface area (TPSA) is 61.4 Å². The third kappa shape index (κ3) is 2.52. The van der Waals surface area contributed by atoms with E-state index in [1.165, 1.54) is 6.07 Å². The number of hydrogen-bond donors (Lipinski definition) is 0. The molecule has 3 aromatic rings. The van der Waals surface area contributed by atoms with Crippen LogP contribution >= 0.6 is 0 Å². The number of halogens is 1. The van der Waals surface area contributed by atoms with Crippen LogP contribution in [0.4, 0.5) is 4.39 Å². The Morgan fingerprint density at radius 1 is 1.17 bits per heavy atom. The highest BCUT2D eigenvalue weighted by Crippen LogP contribution is 2.33. The van der Waals surface area contributed by atoms with E-state index in [-0.39, 0.29) is 17.6 Å². The Labute approximate surface area is 133 Å². The zero-order chi connectivity index (χ0) is 15.8. The van der Waals surface area contributed by atoms with Gasteiger partial charge in [0.1, 0.15) is 11.4 Å². The molecular weight excluding hydrogens is 295 g/mol. The van der Waals surface area contributed by atoms with Crippen LogP contribution in [0.3, 0.4) is 0 Å². The molecule has 0 spiro atoms. The molecule has 1 aliphatic rings. The summed E-state index contributed by atoms with van der Waals surface area (Å²) in [5.74, 6) is 0.611. The van der Waals surface area contributed by atoms with E-state index in [4.69, 9.17) is 0 Å². The van der Waals surface area contributed by atoms with Gasteiger partial charge in [0, 0.05) is 19.4 Å². The fourth-order valence-corrected chi connectivity index (χ4v) is 3.08. The van der Waals surface area contributed by atoms with Gasteiger partial charge in [-0.1, -0.05) is 12.8 Å². The fourth-order valence-electron chi connectivity index (χ4n) is 3.08. The first-order valence-electron chi connectivity index (χ1n) is 7.80. The van der Waals surface area contributed by atoms with E-state index in [1.54, 1.807) is 16.9 Å². The van der Waals surface area contributed by atoms with Crippen molar-refractivity contribution in [3.05, 3.63) is 36.4 Å². The molecule has 3 heterocycles. The van der Waals surface area contributed by atoms with E-state index in [2.05, 4.69) is 20.2 Å². The molecule has 0 aliphatic heterocycles. The maximum absolute atomic E-state index is 14.2. The highest BCUT2D eigenvalue weighted by atomic mass is 19.1. The van der Waals surface area contributed by atoms with Crippen molar-refractivity contribution in [3.63, 3.8) is 0 Å². The quantitative estimate of drug-likeness (QED) is 0.746. The molecule has 4 rings (SSSR count). The van der Waals surface area contributed by atoms with Crippen LogP contribution < -0.4 is 0 Å². The van der Waals surface area contributed by atoms with Gasteiger partial charge in [-0.3, -0.25) is 4.68 Å². The standard InChI is InChI=1S/C16H17FN6/c1-22-10-8-13(20-22)15-19-16(14-12(17)7-4-9-18-14)23(21-15)11-5-2-3-6-11/h4,7-11H,2-3,5-6H2,1H3. The van der Waals surface area contributed by atoms with Crippen LogP contribution in [-0.2, 0) is 7.05 Å². The zero-order valence-electron chi connectivity index (χ0n) is 12.9. The monoisotopic (exact) mass is 312 g/mol. The Kier molecular flexibility index (Phi) is 3.40. The molecule has 23 heavy (non-hydrogen) atoms. The SMILES string of the molecule is Cn1ccc(-c2nc(-c3ncccc3F)n(C3CCCC3)n2)n1. The minimum atomic E-state index is -0.383. The van der Waals surface area contributed by atoms with Crippen LogP contribution in [0.1, 0.15) is 31.7 Å². The highest BCUT2D eigenvalue weighted by Gasteiger charge is 2.26. The average Bonchev–Trinajstić information content (AvgIpc) is 3.27. The van der Waals surface area contributed by atoms with E-state index >= 15 is 0 Å². The minimum Gasteiger partial charge on any atom is -0.275 e. The van der Waals surface area contributed by atoms with Crippen molar-refractivity contribution in [3.8, 4) is 23.0 Å². The molecule has 0 unspecified atom stereocenters. The summed E-state index contributed by atoms with van der Waals surface area (Å²) >= 11 is 0. The first-order valence-corrected chi connectivity index (χ1v) is 7.80. The lowest BCUT2D eigenvalue weighted by Gasteiger charge is -2.12. The molecule has 0 aromatic carbocycles. The summed E-state index contributed by atoms with van der Waals surface area (Å²) in [6.07, 6.45) is 7.80. The maximum atomic E-state index is 14.2. The normalized spacial score (nSPS) is 15.4. The summed E-state index contributed by atoms with van der Waals surface area (Å²) in [6.45, 7) is 0. The van der Waals surface area contributed by atoms with Gasteiger partial charge in [0.25, 0.3) is 0 Å². The van der Waals surface area contributed by atoms with Gasteiger partial charge >= 0.3 is 0 Å². The molecule has 0 radical (unpaired) electrons. The molecule has 7 heteroatoms. The minimum absolute atomic E-state index is 0.245. The summed E-state index contributed by atoms with van der Waals surface area (Å²) in [5, 5.41) is 8.96. The molecule has 118 valence electrons. The van der Waals surface area contributed by atoms with Gasteiger partial charge in [0.2, 0.25) is 5.82 Å². The molecule has 0 atom stereocenters. The van der Waals surface area contributed by atoms with Gasteiger partial charge < -0.3 is 0 Å². The van der Waals surface area contributed by atoms with Gasteiger partial charge in [0.05, 0.1) is 6.04 Å². The first kappa shape index (κ1) is 14.0. The van der Waals surface area contributed by atoms with Crippen molar-refractivity contribution >= 4 is 0 Å². The van der Waals surface area contributed by atoms with Crippen LogP contribution in [0.2, 0.25) is 0 Å². The lowest BCUT2D eigenvalue weighted by molar-refractivity contribution is 0.469. The van der Waals surface area contributed by atoms with E-state index in [1.807, 2.05) is 24.0 Å². The van der Waals surface area contributed by atoms with Crippen molar-refractivity contribution in [1.29, 1.82) is 0 Å². The van der Waals surface area contributed by atoms with Crippen molar-refractivity contribution < 1.29 is 4.39 Å². The van der Waals surface area contributed by atoms with Crippen LogP contribution in [-0.4, -0.2) is 29.5 Å². The summed E-state index contributed by atoms with van der Waals surface area (Å²) in [6, 6.07) is 5.08. The van der Waals surface area contributed by atoms with E-state index in [0.29, 0.717) is 17.3 Å². The smallest absolute Gasteiger partial charge is 0.202 e. The van der Waals surface area contributed by atoms with Gasteiger partial charge in [-0.05, 0) is 31.0 Å². The molecule has 0 amide bonds. The molecule has 0 N–H and O–H groups in total. The van der Waals surface area contributed by atoms with Crippen molar-refractivity contribution in [2.75, 3.05) is 0 Å². The zero-order valence-corrected chi connectivity index (χ0v) is 12.9. The molecule has 1 aliphatic carbocycles. The van der Waals surface area contributed by atoms with Gasteiger partial charge in [-0.25, -0.2) is 19.0 Å². The van der Waals surface area contributed by atoms with Gasteiger partial charge in [0.15, 0.2) is 11.6 Å². The second kappa shape index (κ2) is 5.57. The maximum Gasteiger partial charge on any atom is 0.202 e. The van der Waals surface area contributed by atoms with Crippen LogP contribution in [0.5, 0.6) is 0 Å². The van der Waals surface area contributed by atoms with Crippen LogP contribution in [0.25, 0.3) is 23.0 Å². The molecular formula is C16H17FN6. The summed E-state index contributed by atoms with van der Waals surface area (Å²) in [5.41, 5.74) is 0.927. The number of rotatable bonds is 3. The first-order chi connectivity index (χ1) is 11.2. The van der Waals surface area contributed by atoms with Gasteiger partial charge in [-0.15, -0.1) is 5.10 Å². The number of aryl methyl sites for hydroxylation is 1.